The van der Waals surface area contributed by atoms with Crippen LogP contribution in [0.3, 0.4) is 0 Å². The highest BCUT2D eigenvalue weighted by atomic mass is 32.1. The number of carbonyl (C=O) groups is 5. The Morgan fingerprint density at radius 2 is 0.793 bits per heavy atom. The summed E-state index contributed by atoms with van der Waals surface area (Å²) in [6, 6.07) is 95.0. The Kier molecular flexibility index (Phi) is 39.4. The van der Waals surface area contributed by atoms with E-state index in [1.807, 2.05) is 223 Å². The van der Waals surface area contributed by atoms with E-state index in [0.717, 1.165) is 83.7 Å². The number of hydrogen-bond acceptors (Lipinski definition) is 30. The predicted octanol–water partition coefficient (Wildman–Crippen LogP) is 22.3. The van der Waals surface area contributed by atoms with Crippen molar-refractivity contribution < 1.29 is 65.9 Å². The van der Waals surface area contributed by atoms with Crippen LogP contribution in [0.4, 0.5) is 70.0 Å². The molecule has 15 N–H and O–H groups in total. The van der Waals surface area contributed by atoms with E-state index < -0.39 is 12.8 Å². The highest BCUT2D eigenvalue weighted by Gasteiger charge is 2.25. The minimum atomic E-state index is -4.40. The molecule has 10 aromatic carbocycles. The summed E-state index contributed by atoms with van der Waals surface area (Å²) in [5, 5.41) is 54.9. The zero-order valence-electron chi connectivity index (χ0n) is 74.7. The number of nitrogens with two attached hydrogens (primary N) is 4. The number of nitrogen functional groups attached to an aromatic ring is 4. The van der Waals surface area contributed by atoms with E-state index in [1.165, 1.54) is 59.6 Å². The number of rotatable bonds is 20. The van der Waals surface area contributed by atoms with Crippen LogP contribution in [0.15, 0.2) is 366 Å². The predicted molar refractivity (Wildman–Crippen MR) is 550 cm³/mol. The van der Waals surface area contributed by atoms with Gasteiger partial charge >= 0.3 is 30.2 Å². The molecule has 29 nitrogen and oxygen atoms in total. The number of nitriles is 2. The van der Waals surface area contributed by atoms with Crippen molar-refractivity contribution in [2.45, 2.75) is 25.8 Å². The number of nitrogens with one attached hydrogen (secondary N) is 6. The van der Waals surface area contributed by atoms with Crippen LogP contribution >= 0.6 is 45.3 Å². The van der Waals surface area contributed by atoms with E-state index in [9.17, 15) is 37.1 Å². The molecule has 140 heavy (non-hydrogen) atoms. The van der Waals surface area contributed by atoms with Crippen molar-refractivity contribution in [1.82, 2.24) is 25.3 Å². The van der Waals surface area contributed by atoms with Crippen LogP contribution in [0, 0.1) is 22.9 Å². The number of anilines is 9. The van der Waals surface area contributed by atoms with Crippen LogP contribution in [0.2, 0.25) is 0 Å². The summed E-state index contributed by atoms with van der Waals surface area (Å²) in [7, 11) is 2.73. The van der Waals surface area contributed by atoms with E-state index >= 15 is 0 Å². The number of benzene rings is 10. The number of methoxy groups -OCH3 is 2. The number of aliphatic hydroxyl groups excluding tert-OH is 1. The zero-order valence-corrected chi connectivity index (χ0v) is 77.9. The maximum absolute atomic E-state index is 13.1. The minimum absolute atomic E-state index is 0.0237. The van der Waals surface area contributed by atoms with Gasteiger partial charge in [0.05, 0.1) is 64.7 Å². The molecular formula is C104H89F3N18O11S4. The third-order valence-corrected chi connectivity index (χ3v) is 22.6. The second-order valence-electron chi connectivity index (χ2n) is 28.6. The number of hydrogen-bond donors (Lipinski definition) is 11. The molecule has 0 radical (unpaired) electrons. The van der Waals surface area contributed by atoms with Gasteiger partial charge in [0, 0.05) is 100.0 Å². The Morgan fingerprint density at radius 3 is 1.19 bits per heavy atom. The van der Waals surface area contributed by atoms with Gasteiger partial charge in [-0.25, -0.2) is 14.9 Å². The number of para-hydroxylation sites is 7. The van der Waals surface area contributed by atoms with Crippen molar-refractivity contribution >= 4 is 188 Å². The largest absolute Gasteiger partial charge is 0.465 e. The summed E-state index contributed by atoms with van der Waals surface area (Å²) in [4.78, 5) is 86.2. The molecule has 0 fully saturated rings. The Balaban J connectivity index is 0.000000163. The molecule has 0 bridgehead atoms. The molecule has 0 aliphatic carbocycles. The molecular weight excluding hydrogens is 1860 g/mol. The summed E-state index contributed by atoms with van der Waals surface area (Å²) in [5.41, 5.74) is 36.4. The molecule has 8 heterocycles. The molecule has 0 aliphatic heterocycles. The summed E-state index contributed by atoms with van der Waals surface area (Å²) >= 11 is 5.41. The maximum atomic E-state index is 13.1. The zero-order chi connectivity index (χ0) is 99.2. The summed E-state index contributed by atoms with van der Waals surface area (Å²) in [5.74, 6) is 0.581. The molecule has 0 saturated heterocycles. The average molecular weight is 1950 g/mol. The molecule has 0 unspecified atom stereocenters. The Morgan fingerprint density at radius 1 is 0.429 bits per heavy atom. The highest BCUT2D eigenvalue weighted by molar-refractivity contribution is 7.13. The van der Waals surface area contributed by atoms with Gasteiger partial charge in [0.2, 0.25) is 6.19 Å². The van der Waals surface area contributed by atoms with Gasteiger partial charge in [0.1, 0.15) is 43.4 Å². The molecule has 18 rings (SSSR count). The van der Waals surface area contributed by atoms with Crippen LogP contribution in [0.5, 0.6) is 17.2 Å². The fourth-order valence-electron chi connectivity index (χ4n) is 12.6. The minimum Gasteiger partial charge on any atom is -0.465 e. The number of alkyl halides is 3. The number of aliphatic hydroxyl groups is 1. The van der Waals surface area contributed by atoms with Gasteiger partial charge in [-0.05, 0) is 202 Å². The van der Waals surface area contributed by atoms with Crippen LogP contribution in [-0.2, 0) is 29.1 Å². The quantitative estimate of drug-likeness (QED) is 0.00642. The van der Waals surface area contributed by atoms with E-state index in [2.05, 4.69) is 72.6 Å². The number of halogens is 3. The third-order valence-electron chi connectivity index (χ3n) is 19.0. The molecule has 8 aromatic heterocycles. The summed E-state index contributed by atoms with van der Waals surface area (Å²) in [6.45, 7) is 0.0649. The molecule has 0 atom stereocenters. The van der Waals surface area contributed by atoms with E-state index in [4.69, 9.17) is 57.5 Å². The van der Waals surface area contributed by atoms with Crippen molar-refractivity contribution in [3.63, 3.8) is 0 Å². The first-order valence-corrected chi connectivity index (χ1v) is 45.6. The van der Waals surface area contributed by atoms with Crippen LogP contribution < -0.4 is 69.0 Å². The summed E-state index contributed by atoms with van der Waals surface area (Å²) < 4.78 is 57.2. The van der Waals surface area contributed by atoms with Gasteiger partial charge in [-0.15, -0.1) is 45.3 Å². The first-order valence-electron chi connectivity index (χ1n) is 42.1. The van der Waals surface area contributed by atoms with Gasteiger partial charge in [-0.3, -0.25) is 34.3 Å². The van der Waals surface area contributed by atoms with Crippen LogP contribution in [0.25, 0.3) is 43.6 Å². The first kappa shape index (κ1) is 103. The van der Waals surface area contributed by atoms with Gasteiger partial charge in [0.25, 0.3) is 11.8 Å². The molecule has 2 amide bonds. The van der Waals surface area contributed by atoms with Gasteiger partial charge < -0.3 is 78.3 Å². The number of fused-ring (bicyclic) bond motifs is 4. The van der Waals surface area contributed by atoms with Crippen LogP contribution in [-0.4, -0.2) is 94.2 Å². The van der Waals surface area contributed by atoms with E-state index in [0.29, 0.717) is 102 Å². The number of amides is 2. The maximum Gasteiger partial charge on any atom is 0.411 e. The number of aromatic nitrogens is 4. The highest BCUT2D eigenvalue weighted by Crippen LogP contribution is 2.32. The number of ether oxygens (including phenoxy) is 5. The molecule has 18 aromatic rings. The Hall–Kier alpha value is -17.9. The number of carbonyl (C=O) groups excluding carboxylic acids is 5. The standard InChI is InChI=1S/C29H22N6O2S.C21H18N4OS.C16H14N2O2S.C14H10N2O2.C10H7NO.C6H8N2.C6H7NO2S.C2H3F3O/c30-19-33-29(37-23-9-2-1-3-10-23)35-22-8-6-7-21(17-22)34-28(36)27-26(14-16-38-27)32-18-20-13-15-31-25-12-5-4-11-24(20)25;22-15-4-3-5-16(12-15)25-21(26)20-19(9-11-27-20)24-13-14-8-10-23-18-7-2-1-6-17(14)18;1-20-16(19)15-14(7-9-21-15)18-10-11-6-8-17-13-5-3-2-4-12(11)13;15-11-16-14(17-12-7-3-1-4-8-12)18-13-9-5-2-6-10-13;12-7-8-5-6-11-10-4-2-1-3-9(8)10;7-5-2-1-3-6(8)4-5;1-9-6(8)5-4(7)2-3-10-5;3-2(4,5)1-6/h1-17,32H,18H2,(H,33,35)(H,34,36);1-12,24H,13,22H2,(H,25,26);2-9,18H,10H2,1H3;1-10H;1-7H;1-4H,7-8H2;2-3H,7H2,1H3;6H,1H2. The number of thiophene rings is 4. The lowest BCUT2D eigenvalue weighted by atomic mass is 10.1. The summed E-state index contributed by atoms with van der Waals surface area (Å²) in [6.07, 6.45) is 6.86. The van der Waals surface area contributed by atoms with Crippen molar-refractivity contribution in [3.8, 4) is 29.6 Å². The SMILES string of the molecule is COC(=O)c1sccc1N.COC(=O)c1sccc1NCc1ccnc2ccccc12.N#CN=C(Oc1ccccc1)Oc1ccccc1.N#CNC(=Nc1cccc(NC(=O)c2sccc2NCc2ccnc3ccccc23)c1)Oc1ccccc1.Nc1cccc(N)c1.Nc1cccc(NC(=O)c2sccc2NCc2ccnc3ccccc23)c1.O=Cc1ccnc2ccccc12.OCC(F)(F)F. The second kappa shape index (κ2) is 53.8. The van der Waals surface area contributed by atoms with E-state index in [1.54, 1.807) is 139 Å². The number of aliphatic imine (C=N–C) groups is 2. The van der Waals surface area contributed by atoms with E-state index in [-0.39, 0.29) is 35.9 Å². The molecule has 0 aliphatic rings. The van der Waals surface area contributed by atoms with Crippen molar-refractivity contribution in [2.75, 3.05) is 70.3 Å². The van der Waals surface area contributed by atoms with Crippen LogP contribution in [0.1, 0.15) is 65.7 Å². The number of pyridine rings is 4. The third kappa shape index (κ3) is 32.2. The fraction of sp³-hybridized carbons (Fsp3) is 0.0673. The molecule has 36 heteroatoms. The smallest absolute Gasteiger partial charge is 0.411 e. The fourth-order valence-corrected chi connectivity index (χ4v) is 15.6. The van der Waals surface area contributed by atoms with Crippen molar-refractivity contribution in [3.05, 3.63) is 397 Å². The Labute approximate surface area is 817 Å². The number of esters is 2. The Bertz CT molecular complexity index is 7210. The monoisotopic (exact) mass is 1950 g/mol. The van der Waals surface area contributed by atoms with Gasteiger partial charge in [0.15, 0.2) is 12.5 Å². The second-order valence-corrected chi connectivity index (χ2v) is 32.3. The normalized spacial score (nSPS) is 10.3. The molecule has 0 spiro atoms. The molecule has 0 saturated carbocycles. The molecule has 706 valence electrons. The average Bonchev–Trinajstić information content (AvgIpc) is 0.961. The first-order chi connectivity index (χ1) is 68.1. The lowest BCUT2D eigenvalue weighted by Gasteiger charge is -2.11. The van der Waals surface area contributed by atoms with Gasteiger partial charge in [-0.1, -0.05) is 151 Å². The van der Waals surface area contributed by atoms with Crippen molar-refractivity contribution in [2.24, 2.45) is 9.98 Å². The number of nitrogens with zero attached hydrogens (tertiary/aromatic N) is 8. The number of amidine groups is 1. The van der Waals surface area contributed by atoms with Gasteiger partial charge in [-0.2, -0.15) is 28.7 Å². The lowest BCUT2D eigenvalue weighted by Crippen LogP contribution is -2.24. The number of aldehydes is 1. The van der Waals surface area contributed by atoms with Crippen molar-refractivity contribution in [1.29, 1.82) is 10.5 Å². The topological polar surface area (TPSA) is 452 Å². The lowest BCUT2D eigenvalue weighted by molar-refractivity contribution is -0.159.